The first-order valence-corrected chi connectivity index (χ1v) is 8.70. The molecule has 0 aliphatic carbocycles. The van der Waals surface area contributed by atoms with Crippen molar-refractivity contribution in [3.05, 3.63) is 71.3 Å². The van der Waals surface area contributed by atoms with Crippen LogP contribution in [0.1, 0.15) is 30.0 Å². The van der Waals surface area contributed by atoms with Crippen molar-refractivity contribution in [2.75, 3.05) is 0 Å². The lowest BCUT2D eigenvalue weighted by molar-refractivity contribution is 0.665. The van der Waals surface area contributed by atoms with Crippen LogP contribution in [0.5, 0.6) is 0 Å². The maximum Gasteiger partial charge on any atom is 0.138 e. The number of hydrogen-bond donors (Lipinski definition) is 0. The third-order valence-electron chi connectivity index (χ3n) is 5.06. The van der Waals surface area contributed by atoms with Crippen LogP contribution in [0.4, 0.5) is 0 Å². The molecule has 0 atom stereocenters. The van der Waals surface area contributed by atoms with Gasteiger partial charge in [0.15, 0.2) is 0 Å². The van der Waals surface area contributed by atoms with E-state index in [1.165, 1.54) is 38.6 Å². The van der Waals surface area contributed by atoms with Crippen LogP contribution in [-0.4, -0.2) is 0 Å². The lowest BCUT2D eigenvalue weighted by Crippen LogP contribution is -1.93. The van der Waals surface area contributed by atoms with Gasteiger partial charge in [0.05, 0.1) is 0 Å². The number of para-hydroxylation sites is 1. The van der Waals surface area contributed by atoms with Crippen LogP contribution in [0.25, 0.3) is 33.1 Å². The Morgan fingerprint density at radius 2 is 1.54 bits per heavy atom. The molecule has 0 saturated carbocycles. The van der Waals surface area contributed by atoms with Gasteiger partial charge in [-0.1, -0.05) is 55.8 Å². The zero-order valence-electron chi connectivity index (χ0n) is 14.5. The Balaban J connectivity index is 2.06. The number of hydrogen-bond acceptors (Lipinski definition) is 1. The van der Waals surface area contributed by atoms with Gasteiger partial charge < -0.3 is 4.42 Å². The molecule has 1 nitrogen and oxygen atoms in total. The molecule has 0 unspecified atom stereocenters. The van der Waals surface area contributed by atoms with Gasteiger partial charge >= 0.3 is 0 Å². The Kier molecular flexibility index (Phi) is 3.65. The van der Waals surface area contributed by atoms with Crippen LogP contribution in [-0.2, 0) is 6.42 Å². The Labute approximate surface area is 142 Å². The van der Waals surface area contributed by atoms with Gasteiger partial charge in [0.2, 0.25) is 0 Å². The molecular formula is C23H22O. The Morgan fingerprint density at radius 3 is 2.38 bits per heavy atom. The van der Waals surface area contributed by atoms with E-state index in [1.54, 1.807) is 0 Å². The molecule has 1 heterocycles. The average Bonchev–Trinajstić information content (AvgIpc) is 2.98. The normalized spacial score (nSPS) is 11.5. The summed E-state index contributed by atoms with van der Waals surface area (Å²) in [5.41, 5.74) is 8.65. The SMILES string of the molecule is CCCc1ccccc1-c1cc2c(oc3ccccc32)c(C)c1C. The predicted molar refractivity (Wildman–Crippen MR) is 103 cm³/mol. The minimum atomic E-state index is 0.967. The van der Waals surface area contributed by atoms with E-state index < -0.39 is 0 Å². The van der Waals surface area contributed by atoms with Gasteiger partial charge in [-0.05, 0) is 60.2 Å². The smallest absolute Gasteiger partial charge is 0.138 e. The van der Waals surface area contributed by atoms with Crippen molar-refractivity contribution in [2.45, 2.75) is 33.6 Å². The third-order valence-corrected chi connectivity index (χ3v) is 5.06. The lowest BCUT2D eigenvalue weighted by Gasteiger charge is -2.14. The van der Waals surface area contributed by atoms with Crippen molar-refractivity contribution in [3.63, 3.8) is 0 Å². The summed E-state index contributed by atoms with van der Waals surface area (Å²) in [7, 11) is 0. The number of benzene rings is 3. The molecule has 0 bridgehead atoms. The molecule has 4 rings (SSSR count). The summed E-state index contributed by atoms with van der Waals surface area (Å²) in [6, 6.07) is 19.4. The highest BCUT2D eigenvalue weighted by molar-refractivity contribution is 6.08. The Morgan fingerprint density at radius 1 is 0.792 bits per heavy atom. The largest absolute Gasteiger partial charge is 0.456 e. The summed E-state index contributed by atoms with van der Waals surface area (Å²) in [5, 5.41) is 2.42. The van der Waals surface area contributed by atoms with Gasteiger partial charge in [-0.15, -0.1) is 0 Å². The summed E-state index contributed by atoms with van der Waals surface area (Å²) < 4.78 is 6.13. The van der Waals surface area contributed by atoms with E-state index in [1.807, 2.05) is 6.07 Å². The molecule has 3 aromatic carbocycles. The van der Waals surface area contributed by atoms with Crippen LogP contribution >= 0.6 is 0 Å². The summed E-state index contributed by atoms with van der Waals surface area (Å²) in [5.74, 6) is 0. The molecule has 0 aliphatic rings. The summed E-state index contributed by atoms with van der Waals surface area (Å²) in [6.45, 7) is 6.62. The highest BCUT2D eigenvalue weighted by Crippen LogP contribution is 2.38. The molecule has 4 aromatic rings. The molecule has 1 aromatic heterocycles. The average molecular weight is 314 g/mol. The van der Waals surface area contributed by atoms with Crippen LogP contribution in [0, 0.1) is 13.8 Å². The molecule has 0 fully saturated rings. The van der Waals surface area contributed by atoms with Gasteiger partial charge in [0, 0.05) is 10.8 Å². The van der Waals surface area contributed by atoms with E-state index in [9.17, 15) is 0 Å². The molecule has 24 heavy (non-hydrogen) atoms. The van der Waals surface area contributed by atoms with Crippen molar-refractivity contribution >= 4 is 21.9 Å². The van der Waals surface area contributed by atoms with Gasteiger partial charge in [0.25, 0.3) is 0 Å². The van der Waals surface area contributed by atoms with Crippen LogP contribution < -0.4 is 0 Å². The number of aryl methyl sites for hydroxylation is 2. The second-order valence-corrected chi connectivity index (χ2v) is 6.56. The van der Waals surface area contributed by atoms with Crippen molar-refractivity contribution in [3.8, 4) is 11.1 Å². The van der Waals surface area contributed by atoms with Gasteiger partial charge in [0.1, 0.15) is 11.2 Å². The summed E-state index contributed by atoms with van der Waals surface area (Å²) in [6.07, 6.45) is 2.27. The highest BCUT2D eigenvalue weighted by Gasteiger charge is 2.16. The Bertz CT molecular complexity index is 1040. The van der Waals surface area contributed by atoms with E-state index >= 15 is 0 Å². The number of fused-ring (bicyclic) bond motifs is 3. The fourth-order valence-corrected chi connectivity index (χ4v) is 3.66. The second kappa shape index (κ2) is 5.83. The monoisotopic (exact) mass is 314 g/mol. The predicted octanol–water partition coefficient (Wildman–Crippen LogP) is 6.82. The van der Waals surface area contributed by atoms with Gasteiger partial charge in [-0.3, -0.25) is 0 Å². The van der Waals surface area contributed by atoms with Crippen LogP contribution in [0.3, 0.4) is 0 Å². The first kappa shape index (κ1) is 15.0. The van der Waals surface area contributed by atoms with E-state index in [-0.39, 0.29) is 0 Å². The third kappa shape index (κ3) is 2.24. The highest BCUT2D eigenvalue weighted by atomic mass is 16.3. The zero-order valence-corrected chi connectivity index (χ0v) is 14.5. The molecule has 0 spiro atoms. The molecule has 0 N–H and O–H groups in total. The second-order valence-electron chi connectivity index (χ2n) is 6.56. The summed E-state index contributed by atoms with van der Waals surface area (Å²) >= 11 is 0. The van der Waals surface area contributed by atoms with Crippen LogP contribution in [0.2, 0.25) is 0 Å². The maximum atomic E-state index is 6.13. The van der Waals surface area contributed by atoms with Crippen molar-refractivity contribution in [2.24, 2.45) is 0 Å². The molecule has 120 valence electrons. The fourth-order valence-electron chi connectivity index (χ4n) is 3.66. The van der Waals surface area contributed by atoms with Gasteiger partial charge in [-0.25, -0.2) is 0 Å². The van der Waals surface area contributed by atoms with E-state index in [0.717, 1.165) is 24.0 Å². The van der Waals surface area contributed by atoms with Crippen molar-refractivity contribution in [1.82, 2.24) is 0 Å². The van der Waals surface area contributed by atoms with E-state index in [4.69, 9.17) is 4.42 Å². The molecule has 1 heteroatoms. The van der Waals surface area contributed by atoms with Gasteiger partial charge in [-0.2, -0.15) is 0 Å². The summed E-state index contributed by atoms with van der Waals surface area (Å²) in [4.78, 5) is 0. The van der Waals surface area contributed by atoms with E-state index in [2.05, 4.69) is 69.3 Å². The first-order chi connectivity index (χ1) is 11.7. The lowest BCUT2D eigenvalue weighted by atomic mass is 9.90. The molecular weight excluding hydrogens is 292 g/mol. The van der Waals surface area contributed by atoms with E-state index in [0.29, 0.717) is 0 Å². The standard InChI is InChI=1S/C23H22O/c1-4-9-17-10-5-6-11-18(17)20-14-21-19-12-7-8-13-22(19)24-23(21)16(3)15(20)2/h5-8,10-14H,4,9H2,1-3H3. The molecule has 0 aliphatic heterocycles. The topological polar surface area (TPSA) is 13.1 Å². The van der Waals surface area contributed by atoms with Crippen molar-refractivity contribution in [1.29, 1.82) is 0 Å². The molecule has 0 amide bonds. The minimum Gasteiger partial charge on any atom is -0.456 e. The maximum absolute atomic E-state index is 6.13. The fraction of sp³-hybridized carbons (Fsp3) is 0.217. The van der Waals surface area contributed by atoms with Crippen molar-refractivity contribution < 1.29 is 4.42 Å². The first-order valence-electron chi connectivity index (χ1n) is 8.70. The number of furan rings is 1. The minimum absolute atomic E-state index is 0.967. The molecule has 0 saturated heterocycles. The zero-order chi connectivity index (χ0) is 16.7. The Hall–Kier alpha value is -2.54. The quantitative estimate of drug-likeness (QED) is 0.404. The molecule has 0 radical (unpaired) electrons. The van der Waals surface area contributed by atoms with Crippen LogP contribution in [0.15, 0.2) is 59.0 Å². The number of rotatable bonds is 3.